The van der Waals surface area contributed by atoms with Crippen LogP contribution in [0, 0.1) is 0 Å². The van der Waals surface area contributed by atoms with Gasteiger partial charge >= 0.3 is 0 Å². The molecular weight excluding hydrogens is 514 g/mol. The molecular formula is C27H59NO11. The summed E-state index contributed by atoms with van der Waals surface area (Å²) in [6, 6.07) is 0. The summed E-state index contributed by atoms with van der Waals surface area (Å²) in [6.07, 6.45) is 3.06. The maximum Gasteiger partial charge on any atom is 0.0701 e. The molecule has 0 aliphatic carbocycles. The Labute approximate surface area is 237 Å². The quantitative estimate of drug-likeness (QED) is 0.107. The number of aliphatic hydroxyl groups excluding tert-OH is 1. The van der Waals surface area contributed by atoms with Gasteiger partial charge in [0, 0.05) is 19.8 Å². The SMILES string of the molecule is CC.NCCOCCOCCOCCOCCOCCOCCOCCOCCOCCCCCOCCO. The number of hydrogen-bond donors (Lipinski definition) is 2. The molecule has 0 aromatic rings. The molecule has 0 aliphatic rings. The number of rotatable bonds is 34. The fourth-order valence-electron chi connectivity index (χ4n) is 2.70. The van der Waals surface area contributed by atoms with E-state index in [1.165, 1.54) is 0 Å². The van der Waals surface area contributed by atoms with E-state index in [1.54, 1.807) is 0 Å². The van der Waals surface area contributed by atoms with Crippen LogP contribution < -0.4 is 5.73 Å². The van der Waals surface area contributed by atoms with Crippen LogP contribution in [0.25, 0.3) is 0 Å². The molecule has 0 heterocycles. The lowest BCUT2D eigenvalue weighted by Gasteiger charge is -2.09. The van der Waals surface area contributed by atoms with Crippen LogP contribution >= 0.6 is 0 Å². The fraction of sp³-hybridized carbons (Fsp3) is 1.00. The van der Waals surface area contributed by atoms with E-state index < -0.39 is 0 Å². The summed E-state index contributed by atoms with van der Waals surface area (Å²) >= 11 is 0. The molecule has 0 spiro atoms. The van der Waals surface area contributed by atoms with Crippen molar-refractivity contribution >= 4 is 0 Å². The van der Waals surface area contributed by atoms with Gasteiger partial charge in [0.15, 0.2) is 0 Å². The Kier molecular flexibility index (Phi) is 43.8. The topological polar surface area (TPSA) is 139 Å². The minimum absolute atomic E-state index is 0.0824. The van der Waals surface area contributed by atoms with E-state index in [9.17, 15) is 0 Å². The lowest BCUT2D eigenvalue weighted by molar-refractivity contribution is -0.0249. The lowest BCUT2D eigenvalue weighted by atomic mass is 10.2. The summed E-state index contributed by atoms with van der Waals surface area (Å²) in [7, 11) is 0. The van der Waals surface area contributed by atoms with Crippen molar-refractivity contribution in [2.24, 2.45) is 5.73 Å². The van der Waals surface area contributed by atoms with Crippen LogP contribution in [0.3, 0.4) is 0 Å². The van der Waals surface area contributed by atoms with E-state index in [0.717, 1.165) is 25.9 Å². The summed E-state index contributed by atoms with van der Waals surface area (Å²) in [5.41, 5.74) is 5.32. The average molecular weight is 574 g/mol. The predicted molar refractivity (Wildman–Crippen MR) is 150 cm³/mol. The van der Waals surface area contributed by atoms with Crippen LogP contribution in [0.5, 0.6) is 0 Å². The number of ether oxygens (including phenoxy) is 10. The average Bonchev–Trinajstić information content (AvgIpc) is 2.96. The van der Waals surface area contributed by atoms with Crippen molar-refractivity contribution in [3.8, 4) is 0 Å². The Balaban J connectivity index is 0. The molecule has 0 atom stereocenters. The van der Waals surface area contributed by atoms with Crippen LogP contribution in [-0.4, -0.2) is 150 Å². The molecule has 0 aromatic carbocycles. The third-order valence-electron chi connectivity index (χ3n) is 4.55. The predicted octanol–water partition coefficient (Wildman–Crippen LogP) is 1.30. The van der Waals surface area contributed by atoms with Gasteiger partial charge in [-0.2, -0.15) is 0 Å². The minimum atomic E-state index is 0.0824. The molecule has 12 heteroatoms. The van der Waals surface area contributed by atoms with Gasteiger partial charge in [-0.25, -0.2) is 0 Å². The molecule has 39 heavy (non-hydrogen) atoms. The van der Waals surface area contributed by atoms with Gasteiger partial charge in [0.25, 0.3) is 0 Å². The van der Waals surface area contributed by atoms with E-state index in [-0.39, 0.29) is 6.61 Å². The Bertz CT molecular complexity index is 365. The van der Waals surface area contributed by atoms with Gasteiger partial charge in [0.1, 0.15) is 0 Å². The minimum Gasteiger partial charge on any atom is -0.394 e. The summed E-state index contributed by atoms with van der Waals surface area (Å²) in [5, 5.41) is 8.60. The summed E-state index contributed by atoms with van der Waals surface area (Å²) in [6.45, 7) is 15.6. The smallest absolute Gasteiger partial charge is 0.0701 e. The molecule has 0 amide bonds. The van der Waals surface area contributed by atoms with Crippen LogP contribution in [0.4, 0.5) is 0 Å². The summed E-state index contributed by atoms with van der Waals surface area (Å²) in [4.78, 5) is 0. The molecule has 0 aromatic heterocycles. The Morgan fingerprint density at radius 1 is 0.333 bits per heavy atom. The molecule has 3 N–H and O–H groups in total. The molecule has 0 unspecified atom stereocenters. The van der Waals surface area contributed by atoms with Crippen LogP contribution in [0.2, 0.25) is 0 Å². The summed E-state index contributed by atoms with van der Waals surface area (Å²) < 4.78 is 53.9. The first kappa shape index (κ1) is 40.7. The highest BCUT2D eigenvalue weighted by atomic mass is 16.6. The first-order valence-electron chi connectivity index (χ1n) is 14.5. The van der Waals surface area contributed by atoms with Crippen LogP contribution in [0.1, 0.15) is 33.1 Å². The molecule has 0 radical (unpaired) electrons. The Morgan fingerprint density at radius 2 is 0.564 bits per heavy atom. The Morgan fingerprint density at radius 3 is 0.821 bits per heavy atom. The molecule has 0 fully saturated rings. The maximum atomic E-state index is 8.60. The van der Waals surface area contributed by atoms with Gasteiger partial charge in [-0.1, -0.05) is 13.8 Å². The van der Waals surface area contributed by atoms with Gasteiger partial charge in [-0.15, -0.1) is 0 Å². The van der Waals surface area contributed by atoms with E-state index in [0.29, 0.717) is 132 Å². The number of nitrogens with two attached hydrogens (primary N) is 1. The lowest BCUT2D eigenvalue weighted by Crippen LogP contribution is -2.15. The van der Waals surface area contributed by atoms with E-state index in [2.05, 4.69) is 0 Å². The van der Waals surface area contributed by atoms with Crippen molar-refractivity contribution < 1.29 is 52.5 Å². The number of hydrogen-bond acceptors (Lipinski definition) is 12. The largest absolute Gasteiger partial charge is 0.394 e. The maximum absolute atomic E-state index is 8.60. The first-order chi connectivity index (χ1) is 19.4. The van der Waals surface area contributed by atoms with Crippen LogP contribution in [-0.2, 0) is 47.4 Å². The van der Waals surface area contributed by atoms with Gasteiger partial charge < -0.3 is 58.2 Å². The van der Waals surface area contributed by atoms with Crippen molar-refractivity contribution in [3.05, 3.63) is 0 Å². The van der Waals surface area contributed by atoms with Crippen LogP contribution in [0.15, 0.2) is 0 Å². The van der Waals surface area contributed by atoms with E-state index in [1.807, 2.05) is 13.8 Å². The highest BCUT2D eigenvalue weighted by molar-refractivity contribution is 4.42. The van der Waals surface area contributed by atoms with Crippen molar-refractivity contribution in [1.82, 2.24) is 0 Å². The fourth-order valence-corrected chi connectivity index (χ4v) is 2.70. The third kappa shape index (κ3) is 42.1. The zero-order chi connectivity index (χ0) is 28.7. The van der Waals surface area contributed by atoms with Crippen molar-refractivity contribution in [2.75, 3.05) is 145 Å². The third-order valence-corrected chi connectivity index (χ3v) is 4.55. The van der Waals surface area contributed by atoms with Crippen molar-refractivity contribution in [2.45, 2.75) is 33.1 Å². The van der Waals surface area contributed by atoms with Gasteiger partial charge in [0.05, 0.1) is 126 Å². The second-order valence-corrected chi connectivity index (χ2v) is 7.70. The van der Waals surface area contributed by atoms with Gasteiger partial charge in [-0.05, 0) is 19.3 Å². The molecule has 12 nitrogen and oxygen atoms in total. The Hall–Kier alpha value is -0.480. The molecule has 0 rings (SSSR count). The zero-order valence-corrected chi connectivity index (χ0v) is 24.8. The molecule has 238 valence electrons. The number of aliphatic hydroxyl groups is 1. The normalized spacial score (nSPS) is 11.1. The standard InChI is InChI=1S/C25H53NO11.C2H6/c26-4-8-30-11-13-32-15-17-34-19-21-36-23-25-37-24-22-35-20-18-33-16-14-31-12-10-29-7-3-1-2-6-28-9-5-27;1-2/h27H,1-26H2;1-2H3. The van der Waals surface area contributed by atoms with Gasteiger partial charge in [-0.3, -0.25) is 0 Å². The monoisotopic (exact) mass is 573 g/mol. The van der Waals surface area contributed by atoms with E-state index >= 15 is 0 Å². The van der Waals surface area contributed by atoms with E-state index in [4.69, 9.17) is 58.2 Å². The van der Waals surface area contributed by atoms with Crippen molar-refractivity contribution in [3.63, 3.8) is 0 Å². The second kappa shape index (κ2) is 42.0. The zero-order valence-electron chi connectivity index (χ0n) is 24.8. The molecule has 0 saturated heterocycles. The highest BCUT2D eigenvalue weighted by Crippen LogP contribution is 1.96. The number of unbranched alkanes of at least 4 members (excludes halogenated alkanes) is 2. The molecule has 0 aliphatic heterocycles. The molecule has 0 bridgehead atoms. The highest BCUT2D eigenvalue weighted by Gasteiger charge is 1.96. The molecule has 0 saturated carbocycles. The second-order valence-electron chi connectivity index (χ2n) is 7.70. The van der Waals surface area contributed by atoms with Gasteiger partial charge in [0.2, 0.25) is 0 Å². The summed E-state index contributed by atoms with van der Waals surface area (Å²) in [5.74, 6) is 0. The van der Waals surface area contributed by atoms with Crippen molar-refractivity contribution in [1.29, 1.82) is 0 Å². The first-order valence-corrected chi connectivity index (χ1v) is 14.5.